The molecule has 3 aromatic rings. The van der Waals surface area contributed by atoms with Gasteiger partial charge in [0.15, 0.2) is 6.61 Å². The zero-order valence-electron chi connectivity index (χ0n) is 16.3. The molecule has 0 aliphatic rings. The summed E-state index contributed by atoms with van der Waals surface area (Å²) in [5.41, 5.74) is 1.12. The minimum Gasteiger partial charge on any atom is -0.482 e. The number of aliphatic hydroxyl groups excluding tert-OH is 1. The fourth-order valence-corrected chi connectivity index (χ4v) is 4.88. The van der Waals surface area contributed by atoms with Gasteiger partial charge in [-0.2, -0.15) is 13.2 Å². The Hall–Kier alpha value is -2.56. The largest absolute Gasteiger partial charge is 0.482 e. The van der Waals surface area contributed by atoms with Gasteiger partial charge >= 0.3 is 12.1 Å². The molecule has 164 valence electrons. The van der Waals surface area contributed by atoms with Crippen LogP contribution in [-0.4, -0.2) is 27.8 Å². The number of carbonyl (C=O) groups is 1. The molecule has 1 aromatic heterocycles. The van der Waals surface area contributed by atoms with Gasteiger partial charge in [0.1, 0.15) is 10.8 Å². The van der Waals surface area contributed by atoms with Crippen LogP contribution in [0.15, 0.2) is 47.4 Å². The number of rotatable bonds is 8. The Balaban J connectivity index is 1.72. The number of carboxylic acids is 1. The van der Waals surface area contributed by atoms with Crippen molar-refractivity contribution in [3.63, 3.8) is 0 Å². The second kappa shape index (κ2) is 9.71. The molecule has 0 spiro atoms. The Kier molecular flexibility index (Phi) is 7.24. The van der Waals surface area contributed by atoms with Crippen molar-refractivity contribution in [2.24, 2.45) is 0 Å². The van der Waals surface area contributed by atoms with Crippen LogP contribution >= 0.6 is 23.1 Å². The van der Waals surface area contributed by atoms with Crippen LogP contribution in [-0.2, 0) is 23.3 Å². The topological polar surface area (TPSA) is 79.7 Å². The molecule has 2 aromatic carbocycles. The van der Waals surface area contributed by atoms with Gasteiger partial charge in [0, 0.05) is 21.1 Å². The van der Waals surface area contributed by atoms with E-state index in [0.717, 1.165) is 27.5 Å². The zero-order chi connectivity index (χ0) is 22.6. The number of carboxylic acid groups (broad SMARTS) is 1. The number of aliphatic carboxylic acids is 1. The number of thiazole rings is 1. The highest BCUT2D eigenvalue weighted by molar-refractivity contribution is 7.98. The number of hydrogen-bond donors (Lipinski definition) is 2. The number of thioether (sulfide) groups is 1. The standard InChI is InChI=1S/C21H18F3NO4S2/c1-12-8-15(6-7-17(12)29-10-19(27)28)30-11-18-16(9-26)25-20(31-18)13-2-4-14(5-3-13)21(22,23)24/h2-8,26H,9-11H2,1H3,(H,27,28). The lowest BCUT2D eigenvalue weighted by atomic mass is 10.1. The van der Waals surface area contributed by atoms with Crippen molar-refractivity contribution in [1.82, 2.24) is 4.98 Å². The lowest BCUT2D eigenvalue weighted by molar-refractivity contribution is -0.139. The number of benzene rings is 2. The van der Waals surface area contributed by atoms with E-state index in [2.05, 4.69) is 4.98 Å². The molecule has 1 heterocycles. The molecule has 0 radical (unpaired) electrons. The molecule has 0 saturated carbocycles. The lowest BCUT2D eigenvalue weighted by Gasteiger charge is -2.09. The molecule has 31 heavy (non-hydrogen) atoms. The SMILES string of the molecule is Cc1cc(SCc2sc(-c3ccc(C(F)(F)F)cc3)nc2CO)ccc1OCC(=O)O. The van der Waals surface area contributed by atoms with E-state index < -0.39 is 24.3 Å². The van der Waals surface area contributed by atoms with E-state index in [0.29, 0.717) is 27.8 Å². The van der Waals surface area contributed by atoms with E-state index in [1.54, 1.807) is 6.07 Å². The first-order valence-corrected chi connectivity index (χ1v) is 10.8. The monoisotopic (exact) mass is 469 g/mol. The summed E-state index contributed by atoms with van der Waals surface area (Å²) in [5.74, 6) is -0.0446. The van der Waals surface area contributed by atoms with Crippen molar-refractivity contribution in [2.75, 3.05) is 6.61 Å². The van der Waals surface area contributed by atoms with E-state index in [4.69, 9.17) is 9.84 Å². The molecule has 0 amide bonds. The molecule has 5 nitrogen and oxygen atoms in total. The van der Waals surface area contributed by atoms with Gasteiger partial charge in [-0.05, 0) is 42.8 Å². The van der Waals surface area contributed by atoms with Crippen molar-refractivity contribution < 1.29 is 32.9 Å². The third-order valence-electron chi connectivity index (χ3n) is 4.25. The predicted octanol–water partition coefficient (Wildman–Crippen LogP) is 5.39. The number of aryl methyl sites for hydroxylation is 1. The van der Waals surface area contributed by atoms with Gasteiger partial charge in [-0.1, -0.05) is 12.1 Å². The smallest absolute Gasteiger partial charge is 0.416 e. The predicted molar refractivity (Wildman–Crippen MR) is 112 cm³/mol. The summed E-state index contributed by atoms with van der Waals surface area (Å²) in [6.45, 7) is 1.13. The second-order valence-corrected chi connectivity index (χ2v) is 8.65. The number of ether oxygens (including phenoxy) is 1. The molecular weight excluding hydrogens is 451 g/mol. The highest BCUT2D eigenvalue weighted by Crippen LogP contribution is 2.36. The van der Waals surface area contributed by atoms with Gasteiger partial charge < -0.3 is 14.9 Å². The first-order chi connectivity index (χ1) is 14.7. The van der Waals surface area contributed by atoms with Crippen LogP contribution in [0, 0.1) is 6.92 Å². The van der Waals surface area contributed by atoms with E-state index in [1.807, 2.05) is 19.1 Å². The Morgan fingerprint density at radius 1 is 1.19 bits per heavy atom. The Labute approximate surface area is 184 Å². The Bertz CT molecular complexity index is 1070. The molecule has 0 aliphatic heterocycles. The van der Waals surface area contributed by atoms with Crippen LogP contribution in [0.1, 0.15) is 21.7 Å². The molecule has 0 aliphatic carbocycles. The van der Waals surface area contributed by atoms with Crippen molar-refractivity contribution in [3.05, 3.63) is 64.2 Å². The van der Waals surface area contributed by atoms with Gasteiger partial charge in [-0.25, -0.2) is 9.78 Å². The van der Waals surface area contributed by atoms with Crippen LogP contribution in [0.3, 0.4) is 0 Å². The molecular formula is C21H18F3NO4S2. The summed E-state index contributed by atoms with van der Waals surface area (Å²) < 4.78 is 43.5. The molecule has 0 fully saturated rings. The normalized spacial score (nSPS) is 11.5. The highest BCUT2D eigenvalue weighted by atomic mass is 32.2. The summed E-state index contributed by atoms with van der Waals surface area (Å²) in [6, 6.07) is 10.2. The van der Waals surface area contributed by atoms with Crippen LogP contribution < -0.4 is 4.74 Å². The third-order valence-corrected chi connectivity index (χ3v) is 6.60. The highest BCUT2D eigenvalue weighted by Gasteiger charge is 2.30. The Morgan fingerprint density at radius 2 is 1.90 bits per heavy atom. The summed E-state index contributed by atoms with van der Waals surface area (Å²) in [7, 11) is 0. The summed E-state index contributed by atoms with van der Waals surface area (Å²) in [6.07, 6.45) is -4.40. The quantitative estimate of drug-likeness (QED) is 0.431. The first-order valence-electron chi connectivity index (χ1n) is 9.02. The van der Waals surface area contributed by atoms with Gasteiger partial charge in [0.2, 0.25) is 0 Å². The van der Waals surface area contributed by atoms with Crippen molar-refractivity contribution in [1.29, 1.82) is 0 Å². The molecule has 3 rings (SSSR count). The van der Waals surface area contributed by atoms with E-state index >= 15 is 0 Å². The number of hydrogen-bond acceptors (Lipinski definition) is 6. The van der Waals surface area contributed by atoms with Gasteiger partial charge in [0.05, 0.1) is 17.9 Å². The van der Waals surface area contributed by atoms with Gasteiger partial charge in [0.25, 0.3) is 0 Å². The number of nitrogens with zero attached hydrogens (tertiary/aromatic N) is 1. The number of aromatic nitrogens is 1. The van der Waals surface area contributed by atoms with E-state index in [9.17, 15) is 23.1 Å². The van der Waals surface area contributed by atoms with E-state index in [-0.39, 0.29) is 6.61 Å². The van der Waals surface area contributed by atoms with Gasteiger partial charge in [-0.15, -0.1) is 23.1 Å². The number of alkyl halides is 3. The van der Waals surface area contributed by atoms with Crippen molar-refractivity contribution in [3.8, 4) is 16.3 Å². The zero-order valence-corrected chi connectivity index (χ0v) is 17.9. The summed E-state index contributed by atoms with van der Waals surface area (Å²) in [5, 5.41) is 18.9. The fourth-order valence-electron chi connectivity index (χ4n) is 2.71. The van der Waals surface area contributed by atoms with Crippen LogP contribution in [0.5, 0.6) is 5.75 Å². The summed E-state index contributed by atoms with van der Waals surface area (Å²) >= 11 is 2.83. The maximum Gasteiger partial charge on any atom is 0.416 e. The second-order valence-electron chi connectivity index (χ2n) is 6.52. The maximum absolute atomic E-state index is 12.8. The Morgan fingerprint density at radius 3 is 2.48 bits per heavy atom. The molecule has 0 saturated heterocycles. The molecule has 0 atom stereocenters. The fraction of sp³-hybridized carbons (Fsp3) is 0.238. The van der Waals surface area contributed by atoms with Crippen LogP contribution in [0.2, 0.25) is 0 Å². The number of halogens is 3. The third kappa shape index (κ3) is 5.99. The molecule has 2 N–H and O–H groups in total. The maximum atomic E-state index is 12.8. The average Bonchev–Trinajstić information content (AvgIpc) is 3.14. The van der Waals surface area contributed by atoms with Crippen LogP contribution in [0.25, 0.3) is 10.6 Å². The average molecular weight is 470 g/mol. The van der Waals surface area contributed by atoms with Gasteiger partial charge in [-0.3, -0.25) is 0 Å². The molecule has 0 unspecified atom stereocenters. The minimum absolute atomic E-state index is 0.270. The first kappa shape index (κ1) is 23.1. The van der Waals surface area contributed by atoms with E-state index in [1.165, 1.54) is 35.2 Å². The van der Waals surface area contributed by atoms with Crippen molar-refractivity contribution >= 4 is 29.1 Å². The van der Waals surface area contributed by atoms with Crippen LogP contribution in [0.4, 0.5) is 13.2 Å². The number of aliphatic hydroxyl groups is 1. The molecule has 0 bridgehead atoms. The van der Waals surface area contributed by atoms with Crippen molar-refractivity contribution in [2.45, 2.75) is 30.4 Å². The lowest BCUT2D eigenvalue weighted by Crippen LogP contribution is -2.09. The summed E-state index contributed by atoms with van der Waals surface area (Å²) in [4.78, 5) is 16.8. The molecule has 10 heteroatoms. The minimum atomic E-state index is -4.40.